The molecule has 3 fully saturated rings. The molecule has 1 saturated carbocycles. The van der Waals surface area contributed by atoms with E-state index < -0.39 is 29.5 Å². The number of hydrogen-bond acceptors (Lipinski definition) is 4. The van der Waals surface area contributed by atoms with Crippen molar-refractivity contribution in [3.8, 4) is 0 Å². The standard InChI is InChI=1S/C19H23NO4/c1-18(2)11-4-3-10(12(18)7-11)8-20-9-19-6-5-13(24-19)14(17(22)23)15(19)16(20)21/h3,5-6,11-15H,4,7-9H2,1-2H3,(H,22,23)/p-1/t11-,12-,13+,14+,15-,19+/m0/s1. The number of allylic oxidation sites excluding steroid dienone is 1. The van der Waals surface area contributed by atoms with E-state index in [2.05, 4.69) is 19.9 Å². The van der Waals surface area contributed by atoms with Gasteiger partial charge in [-0.1, -0.05) is 37.6 Å². The molecule has 0 aromatic carbocycles. The second-order valence-corrected chi connectivity index (χ2v) is 8.73. The molecule has 6 aliphatic rings. The van der Waals surface area contributed by atoms with Crippen LogP contribution in [0.25, 0.3) is 0 Å². The monoisotopic (exact) mass is 328 g/mol. The van der Waals surface area contributed by atoms with Crippen molar-refractivity contribution in [1.82, 2.24) is 4.90 Å². The van der Waals surface area contributed by atoms with Crippen LogP contribution in [0.4, 0.5) is 0 Å². The maximum atomic E-state index is 12.9. The number of ether oxygens (including phenoxy) is 1. The first-order valence-corrected chi connectivity index (χ1v) is 8.89. The van der Waals surface area contributed by atoms with E-state index in [1.165, 1.54) is 12.0 Å². The molecular weight excluding hydrogens is 306 g/mol. The zero-order chi connectivity index (χ0) is 16.9. The van der Waals surface area contributed by atoms with Crippen LogP contribution in [0, 0.1) is 29.1 Å². The van der Waals surface area contributed by atoms with Gasteiger partial charge < -0.3 is 19.5 Å². The fourth-order valence-electron chi connectivity index (χ4n) is 5.86. The van der Waals surface area contributed by atoms with E-state index in [0.717, 1.165) is 12.3 Å². The number of carboxylic acid groups (broad SMARTS) is 1. The Balaban J connectivity index is 1.40. The summed E-state index contributed by atoms with van der Waals surface area (Å²) in [5.41, 5.74) is 0.915. The van der Waals surface area contributed by atoms with Crippen LogP contribution in [0.1, 0.15) is 26.7 Å². The number of carbonyl (C=O) groups excluding carboxylic acids is 2. The summed E-state index contributed by atoms with van der Waals surface area (Å²) in [5.74, 6) is -1.42. The van der Waals surface area contributed by atoms with E-state index >= 15 is 0 Å². The van der Waals surface area contributed by atoms with Crippen LogP contribution in [0.5, 0.6) is 0 Å². The van der Waals surface area contributed by atoms with Gasteiger partial charge in [-0.2, -0.15) is 0 Å². The average Bonchev–Trinajstić information content (AvgIpc) is 3.16. The van der Waals surface area contributed by atoms with Gasteiger partial charge in [0.25, 0.3) is 0 Å². The number of aliphatic carboxylic acids is 1. The highest BCUT2D eigenvalue weighted by molar-refractivity contribution is 5.90. The summed E-state index contributed by atoms with van der Waals surface area (Å²) in [6.07, 6.45) is 7.79. The Bertz CT molecular complexity index is 708. The van der Waals surface area contributed by atoms with E-state index in [-0.39, 0.29) is 5.91 Å². The molecule has 0 radical (unpaired) electrons. The SMILES string of the molecule is CC1(C)[C@H]2CC=C(CN3C[C@@]45C=C[C@@H](O4)[C@@H](C(=O)[O-])[C@H]5C3=O)[C@@H]1C2. The van der Waals surface area contributed by atoms with Gasteiger partial charge >= 0.3 is 0 Å². The molecule has 1 spiro atoms. The van der Waals surface area contributed by atoms with Crippen LogP contribution in [0.15, 0.2) is 23.8 Å². The minimum absolute atomic E-state index is 0.0868. The van der Waals surface area contributed by atoms with Gasteiger partial charge in [-0.3, -0.25) is 4.79 Å². The zero-order valence-corrected chi connectivity index (χ0v) is 14.0. The lowest BCUT2D eigenvalue weighted by atomic mass is 9.49. The Morgan fingerprint density at radius 1 is 1.46 bits per heavy atom. The van der Waals surface area contributed by atoms with Gasteiger partial charge in [0.05, 0.1) is 18.6 Å². The molecule has 5 nitrogen and oxygen atoms in total. The lowest BCUT2D eigenvalue weighted by Gasteiger charge is -2.56. The second-order valence-electron chi connectivity index (χ2n) is 8.73. The summed E-state index contributed by atoms with van der Waals surface area (Å²) < 4.78 is 5.91. The summed E-state index contributed by atoms with van der Waals surface area (Å²) in [7, 11) is 0. The summed E-state index contributed by atoms with van der Waals surface area (Å²) in [4.78, 5) is 26.3. The van der Waals surface area contributed by atoms with Gasteiger partial charge in [0.1, 0.15) is 5.60 Å². The molecule has 0 N–H and O–H groups in total. The fraction of sp³-hybridized carbons (Fsp3) is 0.684. The topological polar surface area (TPSA) is 69.7 Å². The Hall–Kier alpha value is -1.62. The molecule has 0 aromatic heterocycles. The first kappa shape index (κ1) is 14.7. The van der Waals surface area contributed by atoms with Crippen molar-refractivity contribution in [3.63, 3.8) is 0 Å². The third-order valence-electron chi connectivity index (χ3n) is 7.41. The lowest BCUT2D eigenvalue weighted by molar-refractivity contribution is -0.313. The Morgan fingerprint density at radius 2 is 2.25 bits per heavy atom. The van der Waals surface area contributed by atoms with Crippen LogP contribution in [0.3, 0.4) is 0 Å². The number of carboxylic acids is 1. The van der Waals surface area contributed by atoms with E-state index in [4.69, 9.17) is 4.74 Å². The minimum atomic E-state index is -1.17. The highest BCUT2D eigenvalue weighted by Gasteiger charge is 2.65. The minimum Gasteiger partial charge on any atom is -0.550 e. The van der Waals surface area contributed by atoms with E-state index in [1.807, 2.05) is 11.0 Å². The number of rotatable bonds is 3. The zero-order valence-electron chi connectivity index (χ0n) is 14.0. The molecular formula is C19H22NO4-. The van der Waals surface area contributed by atoms with Crippen LogP contribution >= 0.6 is 0 Å². The smallest absolute Gasteiger partial charge is 0.230 e. The van der Waals surface area contributed by atoms with Crippen LogP contribution in [-0.4, -0.2) is 41.6 Å². The molecule has 0 aromatic rings. The van der Waals surface area contributed by atoms with Crippen molar-refractivity contribution in [1.29, 1.82) is 0 Å². The Morgan fingerprint density at radius 3 is 2.92 bits per heavy atom. The van der Waals surface area contributed by atoms with Gasteiger partial charge in [-0.05, 0) is 30.1 Å². The Labute approximate surface area is 141 Å². The lowest BCUT2D eigenvalue weighted by Crippen LogP contribution is -2.50. The van der Waals surface area contributed by atoms with Gasteiger partial charge in [0.15, 0.2) is 0 Å². The van der Waals surface area contributed by atoms with Crippen LogP contribution < -0.4 is 5.11 Å². The number of likely N-dealkylation sites (tertiary alicyclic amines) is 1. The van der Waals surface area contributed by atoms with Gasteiger partial charge in [0, 0.05) is 18.4 Å². The Kier molecular flexibility index (Phi) is 2.64. The van der Waals surface area contributed by atoms with Gasteiger partial charge in [-0.15, -0.1) is 0 Å². The molecule has 2 saturated heterocycles. The second kappa shape index (κ2) is 4.31. The third kappa shape index (κ3) is 1.59. The van der Waals surface area contributed by atoms with Crippen molar-refractivity contribution >= 4 is 11.9 Å². The highest BCUT2D eigenvalue weighted by atomic mass is 16.5. The molecule has 3 aliphatic heterocycles. The largest absolute Gasteiger partial charge is 0.550 e. The van der Waals surface area contributed by atoms with Crippen molar-refractivity contribution in [2.75, 3.05) is 13.1 Å². The van der Waals surface area contributed by atoms with Gasteiger partial charge in [0.2, 0.25) is 5.91 Å². The first-order chi connectivity index (χ1) is 11.3. The number of carbonyl (C=O) groups is 2. The molecule has 0 unspecified atom stereocenters. The maximum Gasteiger partial charge on any atom is 0.230 e. The van der Waals surface area contributed by atoms with E-state index in [9.17, 15) is 14.7 Å². The predicted molar refractivity (Wildman–Crippen MR) is 83.4 cm³/mol. The number of hydrogen-bond donors (Lipinski definition) is 0. The number of amides is 1. The molecule has 3 aliphatic carbocycles. The van der Waals surface area contributed by atoms with Crippen molar-refractivity contribution < 1.29 is 19.4 Å². The van der Waals surface area contributed by atoms with Crippen LogP contribution in [0.2, 0.25) is 0 Å². The first-order valence-electron chi connectivity index (χ1n) is 8.89. The van der Waals surface area contributed by atoms with Gasteiger partial charge in [-0.25, -0.2) is 0 Å². The summed E-state index contributed by atoms with van der Waals surface area (Å²) in [6.45, 7) is 5.70. The quantitative estimate of drug-likeness (QED) is 0.708. The fourth-order valence-corrected chi connectivity index (χ4v) is 5.86. The van der Waals surface area contributed by atoms with Crippen molar-refractivity contribution in [3.05, 3.63) is 23.8 Å². The number of nitrogens with zero attached hydrogens (tertiary/aromatic N) is 1. The van der Waals surface area contributed by atoms with E-state index in [0.29, 0.717) is 24.4 Å². The van der Waals surface area contributed by atoms with Crippen molar-refractivity contribution in [2.45, 2.75) is 38.4 Å². The highest BCUT2D eigenvalue weighted by Crippen LogP contribution is 2.59. The normalized spacial score (nSPS) is 46.8. The predicted octanol–water partition coefficient (Wildman–Crippen LogP) is 0.511. The molecule has 3 heterocycles. The summed E-state index contributed by atoms with van der Waals surface area (Å²) in [6, 6.07) is 0. The maximum absolute atomic E-state index is 12.9. The summed E-state index contributed by atoms with van der Waals surface area (Å²) >= 11 is 0. The molecule has 6 atom stereocenters. The molecule has 1 amide bonds. The van der Waals surface area contributed by atoms with E-state index in [1.54, 1.807) is 6.08 Å². The number of fused-ring (bicyclic) bond motifs is 2. The molecule has 128 valence electrons. The van der Waals surface area contributed by atoms with Crippen molar-refractivity contribution in [2.24, 2.45) is 29.1 Å². The molecule has 5 heteroatoms. The molecule has 6 rings (SSSR count). The summed E-state index contributed by atoms with van der Waals surface area (Å²) in [5, 5.41) is 11.5. The molecule has 24 heavy (non-hydrogen) atoms. The average molecular weight is 328 g/mol. The van der Waals surface area contributed by atoms with Crippen LogP contribution in [-0.2, 0) is 14.3 Å². The molecule has 4 bridgehead atoms. The third-order valence-corrected chi connectivity index (χ3v) is 7.41.